The highest BCUT2D eigenvalue weighted by Gasteiger charge is 2.20. The zero-order valence-electron chi connectivity index (χ0n) is 15.3. The van der Waals surface area contributed by atoms with Gasteiger partial charge in [0.05, 0.1) is 0 Å². The average molecular weight is 365 g/mol. The lowest BCUT2D eigenvalue weighted by Gasteiger charge is -2.25. The third-order valence-corrected chi connectivity index (χ3v) is 6.75. The third-order valence-electron chi connectivity index (χ3n) is 4.61. The minimum atomic E-state index is 0.381. The molecule has 0 rings (SSSR count). The summed E-state index contributed by atoms with van der Waals surface area (Å²) >= 11 is 14.3. The van der Waals surface area contributed by atoms with Crippen molar-refractivity contribution in [1.29, 1.82) is 0 Å². The van der Waals surface area contributed by atoms with Gasteiger partial charge in [0.1, 0.15) is 0 Å². The highest BCUT2D eigenvalue weighted by molar-refractivity contribution is 7.85. The molecule has 0 aliphatic heterocycles. The molecule has 0 aliphatic rings. The Labute approximate surface area is 157 Å². The lowest BCUT2D eigenvalue weighted by molar-refractivity contribution is 0.472. The second-order valence-electron chi connectivity index (χ2n) is 7.44. The Bertz CT molecular complexity index is 243. The van der Waals surface area contributed by atoms with Crippen molar-refractivity contribution in [1.82, 2.24) is 0 Å². The van der Waals surface area contributed by atoms with Crippen LogP contribution < -0.4 is 0 Å². The topological polar surface area (TPSA) is 0 Å². The van der Waals surface area contributed by atoms with E-state index in [0.29, 0.717) is 21.7 Å². The van der Waals surface area contributed by atoms with Crippen LogP contribution in [0.3, 0.4) is 0 Å². The number of thiol groups is 3. The predicted octanol–water partition coefficient (Wildman–Crippen LogP) is 7.09. The molecule has 0 bridgehead atoms. The van der Waals surface area contributed by atoms with Gasteiger partial charge in [-0.25, -0.2) is 0 Å². The standard InChI is InChI=1S/C19H40S3/c1-5-11-16(4)18(21)14-19(22)17(20)13-10-8-6-7-9-12-15(2)3/h15-22H,5-14H2,1-4H3. The molecule has 0 saturated heterocycles. The van der Waals surface area contributed by atoms with Crippen LogP contribution in [0.2, 0.25) is 0 Å². The van der Waals surface area contributed by atoms with E-state index >= 15 is 0 Å². The van der Waals surface area contributed by atoms with Gasteiger partial charge in [0, 0.05) is 15.7 Å². The fourth-order valence-electron chi connectivity index (χ4n) is 2.91. The molecular weight excluding hydrogens is 324 g/mol. The van der Waals surface area contributed by atoms with Crippen LogP contribution in [0.5, 0.6) is 0 Å². The van der Waals surface area contributed by atoms with Crippen LogP contribution in [-0.4, -0.2) is 15.7 Å². The molecule has 0 spiro atoms. The molecule has 0 aromatic rings. The van der Waals surface area contributed by atoms with E-state index in [1.54, 1.807) is 0 Å². The van der Waals surface area contributed by atoms with Gasteiger partial charge in [-0.3, -0.25) is 0 Å². The monoisotopic (exact) mass is 364 g/mol. The SMILES string of the molecule is CCCC(C)C(S)CC(S)C(S)CCCCCCCC(C)C. The molecule has 0 aliphatic carbocycles. The van der Waals surface area contributed by atoms with Crippen molar-refractivity contribution < 1.29 is 0 Å². The van der Waals surface area contributed by atoms with E-state index in [4.69, 9.17) is 37.9 Å². The fraction of sp³-hybridized carbons (Fsp3) is 1.00. The highest BCUT2D eigenvalue weighted by atomic mass is 32.1. The third kappa shape index (κ3) is 12.5. The van der Waals surface area contributed by atoms with Crippen LogP contribution in [0.15, 0.2) is 0 Å². The van der Waals surface area contributed by atoms with E-state index < -0.39 is 0 Å². The quantitative estimate of drug-likeness (QED) is 0.212. The molecular formula is C19H40S3. The number of rotatable bonds is 14. The molecule has 134 valence electrons. The van der Waals surface area contributed by atoms with E-state index in [2.05, 4.69) is 27.7 Å². The summed E-state index contributed by atoms with van der Waals surface area (Å²) in [4.78, 5) is 0. The van der Waals surface area contributed by atoms with Gasteiger partial charge >= 0.3 is 0 Å². The summed E-state index contributed by atoms with van der Waals surface area (Å²) < 4.78 is 0. The van der Waals surface area contributed by atoms with E-state index in [9.17, 15) is 0 Å². The van der Waals surface area contributed by atoms with Crippen LogP contribution in [0.25, 0.3) is 0 Å². The van der Waals surface area contributed by atoms with Crippen LogP contribution >= 0.6 is 37.9 Å². The van der Waals surface area contributed by atoms with Crippen LogP contribution in [0, 0.1) is 11.8 Å². The van der Waals surface area contributed by atoms with Crippen LogP contribution in [0.1, 0.15) is 91.9 Å². The van der Waals surface area contributed by atoms with Crippen molar-refractivity contribution in [3.8, 4) is 0 Å². The molecule has 0 aromatic heterocycles. The van der Waals surface area contributed by atoms with Crippen molar-refractivity contribution >= 4 is 37.9 Å². The highest BCUT2D eigenvalue weighted by Crippen LogP contribution is 2.27. The number of hydrogen-bond donors (Lipinski definition) is 3. The van der Waals surface area contributed by atoms with Crippen LogP contribution in [0.4, 0.5) is 0 Å². The number of unbranched alkanes of at least 4 members (excludes halogenated alkanes) is 4. The summed E-state index contributed by atoms with van der Waals surface area (Å²) in [6.07, 6.45) is 13.0. The van der Waals surface area contributed by atoms with Gasteiger partial charge < -0.3 is 0 Å². The van der Waals surface area contributed by atoms with Gasteiger partial charge in [-0.05, 0) is 31.1 Å². The molecule has 0 amide bonds. The van der Waals surface area contributed by atoms with Gasteiger partial charge in [-0.15, -0.1) is 0 Å². The summed E-state index contributed by atoms with van der Waals surface area (Å²) in [6, 6.07) is 0. The van der Waals surface area contributed by atoms with Gasteiger partial charge in [0.15, 0.2) is 0 Å². The summed E-state index contributed by atoms with van der Waals surface area (Å²) in [7, 11) is 0. The first-order valence-corrected chi connectivity index (χ1v) is 11.0. The zero-order valence-corrected chi connectivity index (χ0v) is 18.0. The molecule has 3 heteroatoms. The molecule has 0 saturated carbocycles. The summed E-state index contributed by atoms with van der Waals surface area (Å²) in [5, 5.41) is 1.27. The first kappa shape index (κ1) is 23.1. The summed E-state index contributed by atoms with van der Waals surface area (Å²) in [6.45, 7) is 9.19. The normalized spacial score (nSPS) is 17.5. The fourth-order valence-corrected chi connectivity index (χ4v) is 4.14. The van der Waals surface area contributed by atoms with Crippen molar-refractivity contribution in [2.75, 3.05) is 0 Å². The summed E-state index contributed by atoms with van der Waals surface area (Å²) in [5.41, 5.74) is 0. The minimum Gasteiger partial charge on any atom is -0.176 e. The van der Waals surface area contributed by atoms with Gasteiger partial charge in [0.25, 0.3) is 0 Å². The second kappa shape index (κ2) is 14.4. The van der Waals surface area contributed by atoms with Gasteiger partial charge in [-0.2, -0.15) is 37.9 Å². The van der Waals surface area contributed by atoms with Crippen molar-refractivity contribution in [3.05, 3.63) is 0 Å². The molecule has 0 nitrogen and oxygen atoms in total. The molecule has 0 heterocycles. The maximum absolute atomic E-state index is 4.78. The maximum atomic E-state index is 4.78. The van der Waals surface area contributed by atoms with E-state index in [0.717, 1.165) is 12.3 Å². The lowest BCUT2D eigenvalue weighted by atomic mass is 9.96. The van der Waals surface area contributed by atoms with E-state index in [1.807, 2.05) is 0 Å². The molecule has 0 fully saturated rings. The Morgan fingerprint density at radius 2 is 1.18 bits per heavy atom. The van der Waals surface area contributed by atoms with Crippen molar-refractivity contribution in [3.63, 3.8) is 0 Å². The summed E-state index contributed by atoms with van der Waals surface area (Å²) in [5.74, 6) is 1.54. The second-order valence-corrected chi connectivity index (χ2v) is 9.43. The Kier molecular flexibility index (Phi) is 15.1. The Balaban J connectivity index is 3.67. The Morgan fingerprint density at radius 1 is 0.636 bits per heavy atom. The minimum absolute atomic E-state index is 0.381. The van der Waals surface area contributed by atoms with Gasteiger partial charge in [0.2, 0.25) is 0 Å². The van der Waals surface area contributed by atoms with Gasteiger partial charge in [-0.1, -0.05) is 72.6 Å². The molecule has 0 N–H and O–H groups in total. The molecule has 22 heavy (non-hydrogen) atoms. The van der Waals surface area contributed by atoms with Crippen molar-refractivity contribution in [2.24, 2.45) is 11.8 Å². The van der Waals surface area contributed by atoms with Crippen molar-refractivity contribution in [2.45, 2.75) is 108 Å². The maximum Gasteiger partial charge on any atom is 0.0144 e. The Morgan fingerprint density at radius 3 is 1.73 bits per heavy atom. The molecule has 0 radical (unpaired) electrons. The smallest absolute Gasteiger partial charge is 0.0144 e. The molecule has 4 atom stereocenters. The Hall–Kier alpha value is 1.05. The zero-order chi connectivity index (χ0) is 17.0. The van der Waals surface area contributed by atoms with E-state index in [1.165, 1.54) is 57.8 Å². The molecule has 0 aromatic carbocycles. The molecule has 4 unspecified atom stereocenters. The average Bonchev–Trinajstić information content (AvgIpc) is 2.45. The first-order chi connectivity index (χ1) is 10.4. The largest absolute Gasteiger partial charge is 0.176 e. The predicted molar refractivity (Wildman–Crippen MR) is 114 cm³/mol. The number of hydrogen-bond acceptors (Lipinski definition) is 3. The first-order valence-electron chi connectivity index (χ1n) is 9.42. The van der Waals surface area contributed by atoms with E-state index in [-0.39, 0.29) is 0 Å². The lowest BCUT2D eigenvalue weighted by Crippen LogP contribution is -2.23. The van der Waals surface area contributed by atoms with Crippen LogP contribution in [-0.2, 0) is 0 Å².